The van der Waals surface area contributed by atoms with Gasteiger partial charge in [-0.05, 0) is 36.6 Å². The highest BCUT2D eigenvalue weighted by atomic mass is 14.6. The third-order valence-electron chi connectivity index (χ3n) is 2.69. The Labute approximate surface area is 91.2 Å². The summed E-state index contributed by atoms with van der Waals surface area (Å²) in [7, 11) is 0. The lowest BCUT2D eigenvalue weighted by molar-refractivity contribution is 0.719. The van der Waals surface area contributed by atoms with Gasteiger partial charge in [-0.15, -0.1) is 0 Å². The molecule has 1 heteroatoms. The molecule has 0 amide bonds. The van der Waals surface area contributed by atoms with E-state index >= 15 is 0 Å². The summed E-state index contributed by atoms with van der Waals surface area (Å²) in [4.78, 5) is 4.34. The van der Waals surface area contributed by atoms with E-state index in [2.05, 4.69) is 36.2 Å². The molecule has 2 rings (SSSR count). The Morgan fingerprint density at radius 1 is 1.27 bits per heavy atom. The summed E-state index contributed by atoms with van der Waals surface area (Å²) in [6, 6.07) is 11.5. The Morgan fingerprint density at radius 2 is 2.20 bits per heavy atom. The second kappa shape index (κ2) is 4.92. The third kappa shape index (κ3) is 2.35. The van der Waals surface area contributed by atoms with Crippen LogP contribution in [0.25, 0.3) is 10.9 Å². The number of aromatic nitrogens is 1. The number of fused-ring (bicyclic) bond motifs is 1. The van der Waals surface area contributed by atoms with Gasteiger partial charge in [0.15, 0.2) is 0 Å². The molecule has 1 heterocycles. The first kappa shape index (κ1) is 10.2. The van der Waals surface area contributed by atoms with Crippen LogP contribution in [0.5, 0.6) is 0 Å². The van der Waals surface area contributed by atoms with E-state index in [1.165, 1.54) is 30.2 Å². The van der Waals surface area contributed by atoms with E-state index in [0.29, 0.717) is 0 Å². The number of nitrogens with zero attached hydrogens (tertiary/aromatic N) is 1. The molecule has 1 nitrogen and oxygen atoms in total. The molecule has 0 saturated heterocycles. The molecule has 0 saturated carbocycles. The minimum Gasteiger partial charge on any atom is -0.256 e. The van der Waals surface area contributed by atoms with Crippen LogP contribution in [-0.2, 0) is 6.42 Å². The SMILES string of the molecule is CCCCCc1cccc2ncc[c]c12. The zero-order valence-corrected chi connectivity index (χ0v) is 9.16. The lowest BCUT2D eigenvalue weighted by Crippen LogP contribution is -1.88. The smallest absolute Gasteiger partial charge is 0.0710 e. The van der Waals surface area contributed by atoms with Crippen LogP contribution >= 0.6 is 0 Å². The normalized spacial score (nSPS) is 10.7. The molecule has 0 aliphatic heterocycles. The van der Waals surface area contributed by atoms with Crippen LogP contribution in [0.2, 0.25) is 0 Å². The van der Waals surface area contributed by atoms with Gasteiger partial charge >= 0.3 is 0 Å². The molecule has 0 fully saturated rings. The molecule has 0 aliphatic carbocycles. The van der Waals surface area contributed by atoms with Crippen molar-refractivity contribution in [1.82, 2.24) is 4.98 Å². The minimum atomic E-state index is 1.06. The highest BCUT2D eigenvalue weighted by Crippen LogP contribution is 2.17. The fourth-order valence-corrected chi connectivity index (χ4v) is 1.87. The zero-order chi connectivity index (χ0) is 10.5. The molecule has 0 N–H and O–H groups in total. The summed E-state index contributed by atoms with van der Waals surface area (Å²) in [5.41, 5.74) is 2.44. The average molecular weight is 198 g/mol. The van der Waals surface area contributed by atoms with Gasteiger partial charge in [0.2, 0.25) is 0 Å². The van der Waals surface area contributed by atoms with Crippen LogP contribution in [0.3, 0.4) is 0 Å². The van der Waals surface area contributed by atoms with Crippen molar-refractivity contribution in [2.45, 2.75) is 32.6 Å². The molecular formula is C14H16N. The molecule has 15 heavy (non-hydrogen) atoms. The van der Waals surface area contributed by atoms with Crippen molar-refractivity contribution in [2.75, 3.05) is 0 Å². The molecule has 0 aliphatic rings. The third-order valence-corrected chi connectivity index (χ3v) is 2.69. The summed E-state index contributed by atoms with van der Waals surface area (Å²) < 4.78 is 0. The number of aryl methyl sites for hydroxylation is 1. The number of benzene rings is 1. The van der Waals surface area contributed by atoms with Crippen LogP contribution in [0.15, 0.2) is 30.5 Å². The summed E-state index contributed by atoms with van der Waals surface area (Å²) >= 11 is 0. The predicted molar refractivity (Wildman–Crippen MR) is 63.8 cm³/mol. The summed E-state index contributed by atoms with van der Waals surface area (Å²) in [6.45, 7) is 2.23. The number of pyridine rings is 1. The van der Waals surface area contributed by atoms with Gasteiger partial charge in [0.1, 0.15) is 0 Å². The minimum absolute atomic E-state index is 1.06. The highest BCUT2D eigenvalue weighted by Gasteiger charge is 2.00. The van der Waals surface area contributed by atoms with Gasteiger partial charge < -0.3 is 0 Å². The number of rotatable bonds is 4. The molecule has 1 radical (unpaired) electrons. The van der Waals surface area contributed by atoms with Gasteiger partial charge in [0.25, 0.3) is 0 Å². The van der Waals surface area contributed by atoms with Crippen LogP contribution in [0, 0.1) is 6.07 Å². The Morgan fingerprint density at radius 3 is 3.07 bits per heavy atom. The second-order valence-corrected chi connectivity index (χ2v) is 3.86. The topological polar surface area (TPSA) is 12.9 Å². The maximum Gasteiger partial charge on any atom is 0.0710 e. The second-order valence-electron chi connectivity index (χ2n) is 3.86. The standard InChI is InChI=1S/C14H16N/c1-2-3-4-7-12-8-5-10-14-13(12)9-6-11-15-14/h5-6,8,10-11H,2-4,7H2,1H3. The number of unbranched alkanes of at least 4 members (excludes halogenated alkanes) is 2. The van der Waals surface area contributed by atoms with Gasteiger partial charge in [-0.1, -0.05) is 31.9 Å². The summed E-state index contributed by atoms with van der Waals surface area (Å²) in [6.07, 6.45) is 6.78. The van der Waals surface area contributed by atoms with Gasteiger partial charge in [-0.25, -0.2) is 0 Å². The van der Waals surface area contributed by atoms with Gasteiger partial charge in [-0.2, -0.15) is 0 Å². The Balaban J connectivity index is 2.26. The van der Waals surface area contributed by atoms with Crippen molar-refractivity contribution in [3.05, 3.63) is 42.1 Å². The van der Waals surface area contributed by atoms with E-state index in [9.17, 15) is 0 Å². The van der Waals surface area contributed by atoms with E-state index < -0.39 is 0 Å². The molecule has 77 valence electrons. The quantitative estimate of drug-likeness (QED) is 0.681. The number of hydrogen-bond donors (Lipinski definition) is 0. The fraction of sp³-hybridized carbons (Fsp3) is 0.357. The lowest BCUT2D eigenvalue weighted by atomic mass is 10.0. The van der Waals surface area contributed by atoms with Gasteiger partial charge in [-0.3, -0.25) is 4.98 Å². The van der Waals surface area contributed by atoms with E-state index in [1.807, 2.05) is 6.07 Å². The first-order valence-electron chi connectivity index (χ1n) is 5.66. The Kier molecular flexibility index (Phi) is 3.33. The van der Waals surface area contributed by atoms with Crippen molar-refractivity contribution in [1.29, 1.82) is 0 Å². The monoisotopic (exact) mass is 198 g/mol. The molecule has 2 aromatic rings. The van der Waals surface area contributed by atoms with E-state index in [-0.39, 0.29) is 0 Å². The molecular weight excluding hydrogens is 182 g/mol. The van der Waals surface area contributed by atoms with Crippen molar-refractivity contribution in [2.24, 2.45) is 0 Å². The molecule has 0 spiro atoms. The summed E-state index contributed by atoms with van der Waals surface area (Å²) in [5.74, 6) is 0. The van der Waals surface area contributed by atoms with Crippen molar-refractivity contribution in [3.63, 3.8) is 0 Å². The first-order valence-corrected chi connectivity index (χ1v) is 5.66. The van der Waals surface area contributed by atoms with Crippen LogP contribution < -0.4 is 0 Å². The van der Waals surface area contributed by atoms with E-state index in [4.69, 9.17) is 0 Å². The van der Waals surface area contributed by atoms with E-state index in [0.717, 1.165) is 11.9 Å². The van der Waals surface area contributed by atoms with Gasteiger partial charge in [0, 0.05) is 11.6 Å². The molecule has 0 unspecified atom stereocenters. The first-order chi connectivity index (χ1) is 7.42. The maximum absolute atomic E-state index is 4.34. The highest BCUT2D eigenvalue weighted by molar-refractivity contribution is 5.81. The average Bonchev–Trinajstić information content (AvgIpc) is 2.30. The van der Waals surface area contributed by atoms with Crippen molar-refractivity contribution < 1.29 is 0 Å². The fourth-order valence-electron chi connectivity index (χ4n) is 1.87. The molecule has 0 atom stereocenters. The molecule has 1 aromatic heterocycles. The van der Waals surface area contributed by atoms with Crippen LogP contribution in [0.1, 0.15) is 31.7 Å². The van der Waals surface area contributed by atoms with E-state index in [1.54, 1.807) is 6.20 Å². The van der Waals surface area contributed by atoms with Crippen LogP contribution in [-0.4, -0.2) is 4.98 Å². The molecule has 0 bridgehead atoms. The number of hydrogen-bond acceptors (Lipinski definition) is 1. The summed E-state index contributed by atoms with van der Waals surface area (Å²) in [5, 5.41) is 1.19. The maximum atomic E-state index is 4.34. The Bertz CT molecular complexity index is 429. The predicted octanol–water partition coefficient (Wildman–Crippen LogP) is 3.77. The van der Waals surface area contributed by atoms with Gasteiger partial charge in [0.05, 0.1) is 5.52 Å². The molecule has 1 aromatic carbocycles. The van der Waals surface area contributed by atoms with Crippen molar-refractivity contribution in [3.8, 4) is 0 Å². The lowest BCUT2D eigenvalue weighted by Gasteiger charge is -2.04. The largest absolute Gasteiger partial charge is 0.256 e. The van der Waals surface area contributed by atoms with Crippen LogP contribution in [0.4, 0.5) is 0 Å². The zero-order valence-electron chi connectivity index (χ0n) is 9.16. The van der Waals surface area contributed by atoms with Crippen molar-refractivity contribution >= 4 is 10.9 Å². The Hall–Kier alpha value is -1.37.